The average molecular weight is 291 g/mol. The largest absolute Gasteiger partial charge is 0.348 e. The Balaban J connectivity index is 1.89. The van der Waals surface area contributed by atoms with Crippen molar-refractivity contribution >= 4 is 17.2 Å². The van der Waals surface area contributed by atoms with E-state index in [0.717, 1.165) is 22.7 Å². The van der Waals surface area contributed by atoms with Crippen LogP contribution >= 0.6 is 11.3 Å². The van der Waals surface area contributed by atoms with Crippen LogP contribution in [-0.2, 0) is 11.3 Å². The highest BCUT2D eigenvalue weighted by Gasteiger charge is 2.11. The Labute approximate surface area is 121 Å². The molecule has 2 aromatic heterocycles. The van der Waals surface area contributed by atoms with Crippen LogP contribution in [0.4, 0.5) is 0 Å². The normalized spacial score (nSPS) is 12.1. The first-order valence-corrected chi connectivity index (χ1v) is 7.31. The third kappa shape index (κ3) is 3.54. The Bertz CT molecular complexity index is 633. The van der Waals surface area contributed by atoms with Crippen molar-refractivity contribution in [1.82, 2.24) is 14.9 Å². The van der Waals surface area contributed by atoms with Crippen LogP contribution in [0.3, 0.4) is 0 Å². The van der Waals surface area contributed by atoms with Gasteiger partial charge in [0.2, 0.25) is 5.91 Å². The second-order valence-electron chi connectivity index (χ2n) is 4.59. The second-order valence-corrected chi connectivity index (χ2v) is 5.41. The molecule has 6 heteroatoms. The van der Waals surface area contributed by atoms with Crippen molar-refractivity contribution < 1.29 is 4.79 Å². The molecule has 0 aliphatic rings. The van der Waals surface area contributed by atoms with Gasteiger partial charge in [-0.05, 0) is 26.0 Å². The third-order valence-electron chi connectivity index (χ3n) is 3.05. The number of aromatic nitrogens is 2. The molecule has 0 radical (unpaired) electrons. The Kier molecular flexibility index (Phi) is 4.68. The van der Waals surface area contributed by atoms with Crippen molar-refractivity contribution in [2.45, 2.75) is 32.9 Å². The Hall–Kier alpha value is -1.95. The summed E-state index contributed by atoms with van der Waals surface area (Å²) in [7, 11) is 0. The standard InChI is InChI=1S/C14H17N3O2S/c1-10-9-20-14(19)17(10)8-6-13(18)16-11(2)12-5-3-4-7-15-12/h3-5,7,9,11H,6,8H2,1-2H3,(H,16,18)/t11-/m0/s1. The molecule has 0 aliphatic heterocycles. The van der Waals surface area contributed by atoms with Gasteiger partial charge in [0.15, 0.2) is 0 Å². The summed E-state index contributed by atoms with van der Waals surface area (Å²) in [5.41, 5.74) is 1.72. The predicted octanol–water partition coefficient (Wildman–Crippen LogP) is 1.88. The van der Waals surface area contributed by atoms with Crippen molar-refractivity contribution in [3.8, 4) is 0 Å². The van der Waals surface area contributed by atoms with E-state index < -0.39 is 0 Å². The second kappa shape index (κ2) is 6.47. The maximum atomic E-state index is 11.9. The fraction of sp³-hybridized carbons (Fsp3) is 0.357. The van der Waals surface area contributed by atoms with Gasteiger partial charge in [-0.15, -0.1) is 0 Å². The molecular formula is C14H17N3O2S. The minimum absolute atomic E-state index is 0.0203. The molecule has 1 N–H and O–H groups in total. The molecule has 0 saturated heterocycles. The van der Waals surface area contributed by atoms with Crippen molar-refractivity contribution in [3.63, 3.8) is 0 Å². The van der Waals surface area contributed by atoms with Crippen LogP contribution in [0, 0.1) is 6.92 Å². The number of thiazole rings is 1. The molecule has 2 rings (SSSR count). The topological polar surface area (TPSA) is 64.0 Å². The van der Waals surface area contributed by atoms with E-state index in [-0.39, 0.29) is 23.2 Å². The molecule has 0 bridgehead atoms. The van der Waals surface area contributed by atoms with Gasteiger partial charge in [0, 0.05) is 30.2 Å². The minimum atomic E-state index is -0.135. The molecule has 106 valence electrons. The van der Waals surface area contributed by atoms with Crippen LogP contribution in [0.5, 0.6) is 0 Å². The van der Waals surface area contributed by atoms with Crippen molar-refractivity contribution in [2.24, 2.45) is 0 Å². The molecule has 2 heterocycles. The highest BCUT2D eigenvalue weighted by molar-refractivity contribution is 7.07. The van der Waals surface area contributed by atoms with Crippen LogP contribution in [0.1, 0.15) is 30.8 Å². The zero-order valence-electron chi connectivity index (χ0n) is 11.5. The van der Waals surface area contributed by atoms with Crippen LogP contribution in [0.2, 0.25) is 0 Å². The number of aryl methyl sites for hydroxylation is 1. The number of carbonyl (C=O) groups is 1. The summed E-state index contributed by atoms with van der Waals surface area (Å²) in [5, 5.41) is 4.69. The number of amides is 1. The number of hydrogen-bond donors (Lipinski definition) is 1. The van der Waals surface area contributed by atoms with E-state index in [0.29, 0.717) is 6.54 Å². The van der Waals surface area contributed by atoms with Gasteiger partial charge in [0.1, 0.15) is 0 Å². The monoisotopic (exact) mass is 291 g/mol. The molecule has 0 fully saturated rings. The molecule has 2 aromatic rings. The summed E-state index contributed by atoms with van der Waals surface area (Å²) in [4.78, 5) is 27.6. The Morgan fingerprint density at radius 3 is 2.90 bits per heavy atom. The lowest BCUT2D eigenvalue weighted by molar-refractivity contribution is -0.122. The van der Waals surface area contributed by atoms with Crippen LogP contribution in [0.25, 0.3) is 0 Å². The lowest BCUT2D eigenvalue weighted by atomic mass is 10.2. The number of pyridine rings is 1. The van der Waals surface area contributed by atoms with E-state index in [1.165, 1.54) is 0 Å². The van der Waals surface area contributed by atoms with Gasteiger partial charge < -0.3 is 9.88 Å². The first-order valence-electron chi connectivity index (χ1n) is 6.43. The molecule has 0 aromatic carbocycles. The fourth-order valence-electron chi connectivity index (χ4n) is 1.91. The summed E-state index contributed by atoms with van der Waals surface area (Å²) in [6.45, 7) is 4.17. The molecule has 0 spiro atoms. The number of rotatable bonds is 5. The van der Waals surface area contributed by atoms with E-state index in [9.17, 15) is 9.59 Å². The van der Waals surface area contributed by atoms with Gasteiger partial charge in [0.25, 0.3) is 0 Å². The van der Waals surface area contributed by atoms with E-state index in [2.05, 4.69) is 10.3 Å². The number of hydrogen-bond acceptors (Lipinski definition) is 4. The van der Waals surface area contributed by atoms with Gasteiger partial charge in [-0.25, -0.2) is 0 Å². The van der Waals surface area contributed by atoms with Gasteiger partial charge in [-0.3, -0.25) is 14.6 Å². The number of nitrogens with zero attached hydrogens (tertiary/aromatic N) is 2. The van der Waals surface area contributed by atoms with E-state index in [4.69, 9.17) is 0 Å². The third-order valence-corrected chi connectivity index (χ3v) is 3.93. The van der Waals surface area contributed by atoms with Gasteiger partial charge in [-0.2, -0.15) is 0 Å². The van der Waals surface area contributed by atoms with Gasteiger partial charge >= 0.3 is 4.87 Å². The van der Waals surface area contributed by atoms with Crippen LogP contribution < -0.4 is 10.2 Å². The van der Waals surface area contributed by atoms with E-state index >= 15 is 0 Å². The maximum Gasteiger partial charge on any atom is 0.307 e. The quantitative estimate of drug-likeness (QED) is 0.915. The summed E-state index contributed by atoms with van der Waals surface area (Å²) >= 11 is 1.16. The highest BCUT2D eigenvalue weighted by atomic mass is 32.1. The lowest BCUT2D eigenvalue weighted by Crippen LogP contribution is -2.29. The zero-order valence-corrected chi connectivity index (χ0v) is 12.3. The van der Waals surface area contributed by atoms with Crippen LogP contribution in [0.15, 0.2) is 34.6 Å². The van der Waals surface area contributed by atoms with Crippen molar-refractivity contribution in [1.29, 1.82) is 0 Å². The molecule has 20 heavy (non-hydrogen) atoms. The molecule has 0 unspecified atom stereocenters. The summed E-state index contributed by atoms with van der Waals surface area (Å²) in [5.74, 6) is -0.0827. The highest BCUT2D eigenvalue weighted by Crippen LogP contribution is 2.08. The fourth-order valence-corrected chi connectivity index (χ4v) is 2.67. The molecule has 5 nitrogen and oxygen atoms in total. The predicted molar refractivity (Wildman–Crippen MR) is 78.7 cm³/mol. The maximum absolute atomic E-state index is 11.9. The van der Waals surface area contributed by atoms with Gasteiger partial charge in [-0.1, -0.05) is 17.4 Å². The number of nitrogens with one attached hydrogen (secondary N) is 1. The number of carbonyl (C=O) groups excluding carboxylic acids is 1. The average Bonchev–Trinajstić information content (AvgIpc) is 2.77. The Morgan fingerprint density at radius 1 is 1.50 bits per heavy atom. The first kappa shape index (κ1) is 14.5. The lowest BCUT2D eigenvalue weighted by Gasteiger charge is -2.13. The summed E-state index contributed by atoms with van der Waals surface area (Å²) in [6, 6.07) is 5.46. The molecule has 1 atom stereocenters. The zero-order chi connectivity index (χ0) is 14.5. The van der Waals surface area contributed by atoms with Crippen molar-refractivity contribution in [3.05, 3.63) is 50.8 Å². The summed E-state index contributed by atoms with van der Waals surface area (Å²) in [6.07, 6.45) is 1.99. The first-order chi connectivity index (χ1) is 9.58. The molecule has 0 aliphatic carbocycles. The van der Waals surface area contributed by atoms with Crippen LogP contribution in [-0.4, -0.2) is 15.5 Å². The van der Waals surface area contributed by atoms with Crippen molar-refractivity contribution in [2.75, 3.05) is 0 Å². The van der Waals surface area contributed by atoms with Gasteiger partial charge in [0.05, 0.1) is 11.7 Å². The van der Waals surface area contributed by atoms with E-state index in [1.54, 1.807) is 16.1 Å². The molecule has 1 amide bonds. The van der Waals surface area contributed by atoms with E-state index in [1.807, 2.05) is 32.0 Å². The minimum Gasteiger partial charge on any atom is -0.348 e. The molecule has 0 saturated carbocycles. The molecular weight excluding hydrogens is 274 g/mol. The summed E-state index contributed by atoms with van der Waals surface area (Å²) < 4.78 is 1.62. The Morgan fingerprint density at radius 2 is 2.30 bits per heavy atom. The SMILES string of the molecule is Cc1csc(=O)n1CCC(=O)N[C@@H](C)c1ccccn1. The smallest absolute Gasteiger partial charge is 0.307 e.